The molecule has 0 spiro atoms. The maximum Gasteiger partial charge on any atom is 0.246 e. The number of likely N-dealkylation sites (tertiary alicyclic amines) is 1. The van der Waals surface area contributed by atoms with Crippen LogP contribution in [0.4, 0.5) is 11.5 Å². The van der Waals surface area contributed by atoms with Crippen LogP contribution in [0.2, 0.25) is 0 Å². The molecule has 0 radical (unpaired) electrons. The Hall–Kier alpha value is -2.47. The number of hydrogen-bond acceptors (Lipinski definition) is 6. The van der Waals surface area contributed by atoms with E-state index in [1.54, 1.807) is 0 Å². The molecule has 32 heavy (non-hydrogen) atoms. The number of hydrogen-bond donors (Lipinski definition) is 1. The third-order valence-corrected chi connectivity index (χ3v) is 7.43. The highest BCUT2D eigenvalue weighted by Gasteiger charge is 2.35. The van der Waals surface area contributed by atoms with Gasteiger partial charge in [0.15, 0.2) is 11.5 Å². The molecule has 2 fully saturated rings. The molecular weight excluding hydrogens is 398 g/mol. The van der Waals surface area contributed by atoms with Crippen LogP contribution in [0, 0.1) is 5.92 Å². The van der Waals surface area contributed by atoms with Gasteiger partial charge in [0.25, 0.3) is 0 Å². The molecule has 6 heteroatoms. The summed E-state index contributed by atoms with van der Waals surface area (Å²) in [6, 6.07) is 8.93. The molecule has 0 unspecified atom stereocenters. The van der Waals surface area contributed by atoms with Gasteiger partial charge in [0.2, 0.25) is 5.88 Å². The lowest BCUT2D eigenvalue weighted by molar-refractivity contribution is 0.169. The van der Waals surface area contributed by atoms with Crippen molar-refractivity contribution in [2.75, 3.05) is 25.4 Å². The van der Waals surface area contributed by atoms with E-state index in [0.29, 0.717) is 23.3 Å². The van der Waals surface area contributed by atoms with Crippen molar-refractivity contribution in [1.29, 1.82) is 0 Å². The molecule has 1 aromatic carbocycles. The molecule has 0 atom stereocenters. The summed E-state index contributed by atoms with van der Waals surface area (Å²) in [4.78, 5) is 15.8. The highest BCUT2D eigenvalue weighted by atomic mass is 16.5. The molecule has 2 N–H and O–H groups in total. The maximum absolute atomic E-state index is 6.12. The van der Waals surface area contributed by atoms with Crippen LogP contribution in [0.3, 0.4) is 0 Å². The smallest absolute Gasteiger partial charge is 0.246 e. The minimum atomic E-state index is -0.582. The fourth-order valence-electron chi connectivity index (χ4n) is 5.60. The Kier molecular flexibility index (Phi) is 5.89. The van der Waals surface area contributed by atoms with Crippen molar-refractivity contribution in [3.8, 4) is 5.88 Å². The van der Waals surface area contributed by atoms with Crippen molar-refractivity contribution in [3.05, 3.63) is 41.7 Å². The van der Waals surface area contributed by atoms with E-state index in [9.17, 15) is 0 Å². The SMILES string of the molecule is CC1(C)Oc2ncnc(N)c2N=C1c1ccc(C2CCC(CN3CCCCC3)CC2)cc1. The summed E-state index contributed by atoms with van der Waals surface area (Å²) >= 11 is 0. The van der Waals surface area contributed by atoms with Gasteiger partial charge in [0.1, 0.15) is 11.9 Å². The predicted molar refractivity (Wildman–Crippen MR) is 129 cm³/mol. The number of nitrogen functional groups attached to an aromatic ring is 1. The molecule has 3 aliphatic rings. The quantitative estimate of drug-likeness (QED) is 0.725. The number of aromatic nitrogens is 2. The normalized spacial score (nSPS) is 25.5. The lowest BCUT2D eigenvalue weighted by Crippen LogP contribution is -2.41. The molecule has 6 nitrogen and oxygen atoms in total. The first-order chi connectivity index (χ1) is 15.5. The van der Waals surface area contributed by atoms with E-state index in [1.165, 1.54) is 76.5 Å². The number of benzene rings is 1. The van der Waals surface area contributed by atoms with E-state index < -0.39 is 5.60 Å². The average molecular weight is 434 g/mol. The molecule has 0 bridgehead atoms. The predicted octanol–water partition coefficient (Wildman–Crippen LogP) is 5.11. The van der Waals surface area contributed by atoms with E-state index in [1.807, 2.05) is 13.8 Å². The Morgan fingerprint density at radius 1 is 1.00 bits per heavy atom. The van der Waals surface area contributed by atoms with Crippen LogP contribution in [0.5, 0.6) is 5.88 Å². The third-order valence-electron chi connectivity index (χ3n) is 7.43. The van der Waals surface area contributed by atoms with Gasteiger partial charge in [-0.2, -0.15) is 4.98 Å². The molecule has 170 valence electrons. The van der Waals surface area contributed by atoms with Gasteiger partial charge in [0, 0.05) is 12.1 Å². The van der Waals surface area contributed by atoms with Crippen LogP contribution in [0.25, 0.3) is 0 Å². The van der Waals surface area contributed by atoms with E-state index >= 15 is 0 Å². The summed E-state index contributed by atoms with van der Waals surface area (Å²) < 4.78 is 6.12. The molecule has 1 saturated heterocycles. The van der Waals surface area contributed by atoms with Crippen LogP contribution in [0.15, 0.2) is 35.6 Å². The van der Waals surface area contributed by atoms with Crippen molar-refractivity contribution >= 4 is 17.2 Å². The van der Waals surface area contributed by atoms with Gasteiger partial charge in [-0.3, -0.25) is 0 Å². The molecule has 2 aromatic rings. The summed E-state index contributed by atoms with van der Waals surface area (Å²) in [6.07, 6.45) is 10.9. The number of aliphatic imine (C=N–C) groups is 1. The monoisotopic (exact) mass is 433 g/mol. The number of nitrogens with zero attached hydrogens (tertiary/aromatic N) is 4. The standard InChI is InChI=1S/C26H35N5O/c1-26(2)23(30-22-24(27)28-17-29-25(22)32-26)21-12-10-20(11-13-21)19-8-6-18(7-9-19)16-31-14-4-3-5-15-31/h10-13,17-19H,3-9,14-16H2,1-2H3,(H2,27,28,29). The van der Waals surface area contributed by atoms with Crippen molar-refractivity contribution in [2.24, 2.45) is 10.9 Å². The number of nitrogens with two attached hydrogens (primary N) is 1. The van der Waals surface area contributed by atoms with Gasteiger partial charge in [-0.1, -0.05) is 30.7 Å². The zero-order chi connectivity index (χ0) is 22.1. The van der Waals surface area contributed by atoms with Crippen LogP contribution in [0.1, 0.15) is 75.8 Å². The summed E-state index contributed by atoms with van der Waals surface area (Å²) in [6.45, 7) is 7.98. The van der Waals surface area contributed by atoms with Gasteiger partial charge < -0.3 is 15.4 Å². The lowest BCUT2D eigenvalue weighted by atomic mass is 9.78. The highest BCUT2D eigenvalue weighted by molar-refractivity contribution is 6.09. The van der Waals surface area contributed by atoms with Gasteiger partial charge in [-0.25, -0.2) is 9.98 Å². The first kappa shape index (κ1) is 21.4. The molecule has 0 amide bonds. The van der Waals surface area contributed by atoms with Crippen LogP contribution < -0.4 is 10.5 Å². The Balaban J connectivity index is 1.26. The molecular formula is C26H35N5O. The fourth-order valence-corrected chi connectivity index (χ4v) is 5.60. The Morgan fingerprint density at radius 3 is 2.44 bits per heavy atom. The second kappa shape index (κ2) is 8.81. The van der Waals surface area contributed by atoms with E-state index in [-0.39, 0.29) is 0 Å². The topological polar surface area (TPSA) is 76.6 Å². The molecule has 1 saturated carbocycles. The molecule has 2 aliphatic heterocycles. The number of rotatable bonds is 4. The number of anilines is 1. The van der Waals surface area contributed by atoms with Crippen molar-refractivity contribution < 1.29 is 4.74 Å². The van der Waals surface area contributed by atoms with Crippen LogP contribution in [-0.2, 0) is 0 Å². The van der Waals surface area contributed by atoms with E-state index in [2.05, 4.69) is 39.1 Å². The minimum Gasteiger partial charge on any atom is -0.463 e. The number of piperidine rings is 1. The molecule has 3 heterocycles. The van der Waals surface area contributed by atoms with Crippen LogP contribution in [-0.4, -0.2) is 45.8 Å². The second-order valence-electron chi connectivity index (χ2n) is 10.2. The van der Waals surface area contributed by atoms with Gasteiger partial charge >= 0.3 is 0 Å². The number of ether oxygens (including phenoxy) is 1. The van der Waals surface area contributed by atoms with E-state index in [0.717, 1.165) is 17.2 Å². The first-order valence-electron chi connectivity index (χ1n) is 12.2. The molecule has 1 aliphatic carbocycles. The largest absolute Gasteiger partial charge is 0.463 e. The first-order valence-corrected chi connectivity index (χ1v) is 12.2. The minimum absolute atomic E-state index is 0.348. The summed E-state index contributed by atoms with van der Waals surface area (Å²) in [5, 5.41) is 0. The zero-order valence-electron chi connectivity index (χ0n) is 19.4. The molecule has 1 aromatic heterocycles. The zero-order valence-corrected chi connectivity index (χ0v) is 19.4. The average Bonchev–Trinajstić information content (AvgIpc) is 2.80. The summed E-state index contributed by atoms with van der Waals surface area (Å²) in [5.74, 6) is 2.35. The Labute approximate surface area is 191 Å². The Bertz CT molecular complexity index is 970. The summed E-state index contributed by atoms with van der Waals surface area (Å²) in [7, 11) is 0. The van der Waals surface area contributed by atoms with Gasteiger partial charge in [-0.15, -0.1) is 0 Å². The molecule has 5 rings (SSSR count). The van der Waals surface area contributed by atoms with Gasteiger partial charge in [-0.05, 0) is 82.9 Å². The van der Waals surface area contributed by atoms with Crippen molar-refractivity contribution in [2.45, 2.75) is 70.3 Å². The van der Waals surface area contributed by atoms with E-state index in [4.69, 9.17) is 15.5 Å². The Morgan fingerprint density at radius 2 is 1.72 bits per heavy atom. The lowest BCUT2D eigenvalue weighted by Gasteiger charge is -2.34. The summed E-state index contributed by atoms with van der Waals surface area (Å²) in [5.41, 5.74) is 9.34. The fraction of sp³-hybridized carbons (Fsp3) is 0.577. The van der Waals surface area contributed by atoms with Crippen LogP contribution >= 0.6 is 0 Å². The second-order valence-corrected chi connectivity index (χ2v) is 10.2. The maximum atomic E-state index is 6.12. The van der Waals surface area contributed by atoms with Crippen molar-refractivity contribution in [3.63, 3.8) is 0 Å². The van der Waals surface area contributed by atoms with Gasteiger partial charge in [0.05, 0.1) is 5.71 Å². The highest BCUT2D eigenvalue weighted by Crippen LogP contribution is 2.40. The third kappa shape index (κ3) is 4.38. The van der Waals surface area contributed by atoms with Crippen molar-refractivity contribution in [1.82, 2.24) is 14.9 Å². The number of fused-ring (bicyclic) bond motifs is 1.